The highest BCUT2D eigenvalue weighted by Gasteiger charge is 2.31. The van der Waals surface area contributed by atoms with Gasteiger partial charge in [0.15, 0.2) is 0 Å². The van der Waals surface area contributed by atoms with Crippen molar-refractivity contribution in [1.29, 1.82) is 0 Å². The maximum absolute atomic E-state index is 12.8. The van der Waals surface area contributed by atoms with Crippen LogP contribution in [0.3, 0.4) is 0 Å². The van der Waals surface area contributed by atoms with Gasteiger partial charge in [-0.2, -0.15) is 5.10 Å². The number of fused-ring (bicyclic) bond motifs is 1. The molecule has 4 rings (SSSR count). The van der Waals surface area contributed by atoms with E-state index in [2.05, 4.69) is 26.8 Å². The zero-order valence-electron chi connectivity index (χ0n) is 15.0. The molecular weight excluding hydrogens is 348 g/mol. The number of carbonyl (C=O) groups excluding carboxylic acids is 1. The molecule has 6 nitrogen and oxygen atoms in total. The first kappa shape index (κ1) is 17.7. The molecule has 1 fully saturated rings. The van der Waals surface area contributed by atoms with Crippen molar-refractivity contribution in [3.05, 3.63) is 40.3 Å². The van der Waals surface area contributed by atoms with Crippen LogP contribution in [-0.2, 0) is 22.5 Å². The number of aromatic nitrogens is 2. The summed E-state index contributed by atoms with van der Waals surface area (Å²) in [6, 6.07) is 5.95. The Morgan fingerprint density at radius 3 is 3.04 bits per heavy atom. The van der Waals surface area contributed by atoms with Crippen LogP contribution in [0.25, 0.3) is 0 Å². The molecule has 0 bridgehead atoms. The Morgan fingerprint density at radius 1 is 1.35 bits per heavy atom. The van der Waals surface area contributed by atoms with Crippen LogP contribution < -0.4 is 5.32 Å². The van der Waals surface area contributed by atoms with Gasteiger partial charge in [0.25, 0.3) is 0 Å². The Kier molecular flexibility index (Phi) is 5.67. The molecule has 26 heavy (non-hydrogen) atoms. The molecule has 1 atom stereocenters. The number of amides is 1. The highest BCUT2D eigenvalue weighted by molar-refractivity contribution is 7.09. The molecule has 2 aromatic heterocycles. The molecule has 0 aliphatic carbocycles. The van der Waals surface area contributed by atoms with Crippen LogP contribution in [0.1, 0.15) is 29.5 Å². The number of carbonyl (C=O) groups is 1. The number of thiophene rings is 1. The molecule has 2 aliphatic rings. The topological polar surface area (TPSA) is 59.4 Å². The van der Waals surface area contributed by atoms with E-state index in [1.807, 2.05) is 16.8 Å². The van der Waals surface area contributed by atoms with Crippen LogP contribution in [0.5, 0.6) is 0 Å². The lowest BCUT2D eigenvalue weighted by atomic mass is 9.99. The maximum Gasteiger partial charge on any atom is 0.246 e. The van der Waals surface area contributed by atoms with E-state index in [1.54, 1.807) is 17.5 Å². The molecule has 1 amide bonds. The van der Waals surface area contributed by atoms with Crippen LogP contribution in [0.4, 0.5) is 0 Å². The van der Waals surface area contributed by atoms with E-state index in [0.717, 1.165) is 57.8 Å². The summed E-state index contributed by atoms with van der Waals surface area (Å²) >= 11 is 1.73. The lowest BCUT2D eigenvalue weighted by Crippen LogP contribution is -2.47. The first-order valence-electron chi connectivity index (χ1n) is 9.42. The van der Waals surface area contributed by atoms with Gasteiger partial charge in [0, 0.05) is 50.5 Å². The van der Waals surface area contributed by atoms with Gasteiger partial charge in [0.1, 0.15) is 6.04 Å². The molecule has 2 aromatic rings. The van der Waals surface area contributed by atoms with E-state index in [1.165, 1.54) is 4.88 Å². The lowest BCUT2D eigenvalue weighted by molar-refractivity contribution is -0.126. The van der Waals surface area contributed by atoms with E-state index >= 15 is 0 Å². The van der Waals surface area contributed by atoms with Crippen molar-refractivity contribution in [2.24, 2.45) is 5.92 Å². The fraction of sp³-hybridized carbons (Fsp3) is 0.579. The van der Waals surface area contributed by atoms with Gasteiger partial charge in [-0.25, -0.2) is 0 Å². The summed E-state index contributed by atoms with van der Waals surface area (Å²) in [5.74, 6) is 0.740. The predicted molar refractivity (Wildman–Crippen MR) is 101 cm³/mol. The van der Waals surface area contributed by atoms with E-state index in [4.69, 9.17) is 4.74 Å². The van der Waals surface area contributed by atoms with Crippen molar-refractivity contribution >= 4 is 17.2 Å². The molecular formula is C19H26N4O2S. The largest absolute Gasteiger partial charge is 0.381 e. The van der Waals surface area contributed by atoms with Crippen LogP contribution >= 0.6 is 11.3 Å². The third-order valence-electron chi connectivity index (χ3n) is 5.27. The first-order valence-corrected chi connectivity index (χ1v) is 10.3. The number of nitrogens with zero attached hydrogens (tertiary/aromatic N) is 3. The molecule has 1 N–H and O–H groups in total. The van der Waals surface area contributed by atoms with Crippen LogP contribution in [-0.4, -0.2) is 53.4 Å². The summed E-state index contributed by atoms with van der Waals surface area (Å²) in [5, 5.41) is 9.59. The van der Waals surface area contributed by atoms with E-state index < -0.39 is 0 Å². The van der Waals surface area contributed by atoms with Crippen molar-refractivity contribution in [3.8, 4) is 0 Å². The summed E-state index contributed by atoms with van der Waals surface area (Å²) in [6.07, 6.45) is 4.92. The van der Waals surface area contributed by atoms with Gasteiger partial charge in [-0.3, -0.25) is 14.4 Å². The van der Waals surface area contributed by atoms with Crippen LogP contribution in [0.2, 0.25) is 0 Å². The molecule has 7 heteroatoms. The Labute approximate surface area is 158 Å². The highest BCUT2D eigenvalue weighted by atomic mass is 32.1. The second kappa shape index (κ2) is 8.33. The molecule has 0 saturated carbocycles. The minimum absolute atomic E-state index is 0.0724. The average Bonchev–Trinajstić information content (AvgIpc) is 3.33. The van der Waals surface area contributed by atoms with E-state index in [-0.39, 0.29) is 11.9 Å². The van der Waals surface area contributed by atoms with Crippen molar-refractivity contribution in [2.45, 2.75) is 31.8 Å². The molecule has 0 aromatic carbocycles. The minimum Gasteiger partial charge on any atom is -0.381 e. The molecule has 1 saturated heterocycles. The van der Waals surface area contributed by atoms with Crippen molar-refractivity contribution in [1.82, 2.24) is 20.0 Å². The van der Waals surface area contributed by atoms with Crippen LogP contribution in [0, 0.1) is 5.92 Å². The maximum atomic E-state index is 12.8. The lowest BCUT2D eigenvalue weighted by Gasteiger charge is -2.36. The third-order valence-corrected chi connectivity index (χ3v) is 6.21. The van der Waals surface area contributed by atoms with Gasteiger partial charge in [0.2, 0.25) is 5.91 Å². The fourth-order valence-electron chi connectivity index (χ4n) is 3.87. The zero-order valence-corrected chi connectivity index (χ0v) is 15.8. The second-order valence-corrected chi connectivity index (χ2v) is 8.19. The smallest absolute Gasteiger partial charge is 0.246 e. The van der Waals surface area contributed by atoms with Gasteiger partial charge in [0.05, 0.1) is 5.69 Å². The van der Waals surface area contributed by atoms with Crippen molar-refractivity contribution in [2.75, 3.05) is 32.8 Å². The van der Waals surface area contributed by atoms with Gasteiger partial charge in [-0.1, -0.05) is 6.07 Å². The highest BCUT2D eigenvalue weighted by Crippen LogP contribution is 2.24. The normalized spacial score (nSPS) is 21.5. The monoisotopic (exact) mass is 374 g/mol. The number of rotatable bonds is 6. The second-order valence-electron chi connectivity index (χ2n) is 7.15. The van der Waals surface area contributed by atoms with E-state index in [9.17, 15) is 4.79 Å². The SMILES string of the molecule is O=C(NCCc1cccs1)C1CN(CC2CCOCC2)Cc2ccnn21. The quantitative estimate of drug-likeness (QED) is 0.841. The molecule has 0 radical (unpaired) electrons. The number of ether oxygens (including phenoxy) is 1. The Hall–Kier alpha value is -1.70. The molecule has 1 unspecified atom stereocenters. The minimum atomic E-state index is -0.239. The summed E-state index contributed by atoms with van der Waals surface area (Å²) in [5.41, 5.74) is 1.13. The number of hydrogen-bond donors (Lipinski definition) is 1. The van der Waals surface area contributed by atoms with Crippen molar-refractivity contribution < 1.29 is 9.53 Å². The molecule has 0 spiro atoms. The predicted octanol–water partition coefficient (Wildman–Crippen LogP) is 2.09. The Morgan fingerprint density at radius 2 is 2.23 bits per heavy atom. The Bertz CT molecular complexity index is 709. The van der Waals surface area contributed by atoms with Crippen molar-refractivity contribution in [3.63, 3.8) is 0 Å². The third kappa shape index (κ3) is 4.16. The number of nitrogens with one attached hydrogen (secondary N) is 1. The van der Waals surface area contributed by atoms with Gasteiger partial charge in [-0.15, -0.1) is 11.3 Å². The number of hydrogen-bond acceptors (Lipinski definition) is 5. The zero-order chi connectivity index (χ0) is 17.8. The van der Waals surface area contributed by atoms with Gasteiger partial charge in [-0.05, 0) is 42.7 Å². The molecule has 140 valence electrons. The molecule has 2 aliphatic heterocycles. The summed E-state index contributed by atoms with van der Waals surface area (Å²) in [6.45, 7) is 5.04. The fourth-order valence-corrected chi connectivity index (χ4v) is 4.58. The Balaban J connectivity index is 1.36. The summed E-state index contributed by atoms with van der Waals surface area (Å²) in [4.78, 5) is 16.5. The molecule has 4 heterocycles. The van der Waals surface area contributed by atoms with E-state index in [0.29, 0.717) is 12.5 Å². The first-order chi connectivity index (χ1) is 12.8. The summed E-state index contributed by atoms with van der Waals surface area (Å²) < 4.78 is 7.37. The summed E-state index contributed by atoms with van der Waals surface area (Å²) in [7, 11) is 0. The van der Waals surface area contributed by atoms with Gasteiger partial charge >= 0.3 is 0 Å². The average molecular weight is 375 g/mol. The standard InChI is InChI=1S/C19H26N4O2S/c24-19(20-7-4-17-2-1-11-26-17)18-14-22(12-15-5-9-25-10-6-15)13-16-3-8-21-23(16)18/h1-3,8,11,15,18H,4-7,9-10,12-14H2,(H,20,24). The van der Waals surface area contributed by atoms with Crippen LogP contribution in [0.15, 0.2) is 29.8 Å². The van der Waals surface area contributed by atoms with Gasteiger partial charge < -0.3 is 10.1 Å².